The number of primary amides is 2. The van der Waals surface area contributed by atoms with E-state index in [1.807, 2.05) is 49.6 Å². The van der Waals surface area contributed by atoms with Crippen LogP contribution in [0.2, 0.25) is 0 Å². The molecular formula is C21H24N10O2. The maximum atomic E-state index is 11.6. The van der Waals surface area contributed by atoms with E-state index in [1.54, 1.807) is 21.8 Å². The molecule has 0 aliphatic rings. The van der Waals surface area contributed by atoms with Gasteiger partial charge in [-0.05, 0) is 36.8 Å². The SMILES string of the molecule is CCC(N)C(N)=O.NC(=O)c1nccnc1Nc1cc(-n2cccn2)cc(-n2cccn2)c1. The van der Waals surface area contributed by atoms with Gasteiger partial charge < -0.3 is 22.5 Å². The number of anilines is 2. The van der Waals surface area contributed by atoms with Gasteiger partial charge in [0.15, 0.2) is 11.5 Å². The number of benzene rings is 1. The minimum Gasteiger partial charge on any atom is -0.368 e. The van der Waals surface area contributed by atoms with Crippen LogP contribution in [0, 0.1) is 0 Å². The second kappa shape index (κ2) is 10.6. The lowest BCUT2D eigenvalue weighted by atomic mass is 10.2. The summed E-state index contributed by atoms with van der Waals surface area (Å²) in [6.45, 7) is 1.81. The summed E-state index contributed by atoms with van der Waals surface area (Å²) >= 11 is 0. The Kier molecular flexibility index (Phi) is 7.44. The normalized spacial score (nSPS) is 11.2. The van der Waals surface area contributed by atoms with E-state index in [0.29, 0.717) is 12.1 Å². The van der Waals surface area contributed by atoms with Crippen LogP contribution in [0.5, 0.6) is 0 Å². The number of nitrogens with zero attached hydrogens (tertiary/aromatic N) is 6. The molecule has 1 aromatic carbocycles. The standard InChI is InChI=1S/C17H14N8O.C4H10N2O/c18-16(26)15-17(20-6-5-19-15)23-12-9-13(24-7-1-3-21-24)11-14(10-12)25-8-2-4-22-25;1-2-3(5)4(6)7/h1-11H,(H2,18,26)(H,20,23);3H,2,5H2,1H3,(H2,6,7). The highest BCUT2D eigenvalue weighted by Crippen LogP contribution is 2.24. The molecule has 0 fully saturated rings. The first-order valence-electron chi connectivity index (χ1n) is 9.97. The topological polar surface area (TPSA) is 186 Å². The van der Waals surface area contributed by atoms with Crippen LogP contribution in [0.4, 0.5) is 11.5 Å². The maximum Gasteiger partial charge on any atom is 0.271 e. The highest BCUT2D eigenvalue weighted by molar-refractivity contribution is 5.96. The molecule has 12 heteroatoms. The average Bonchev–Trinajstić information content (AvgIpc) is 3.53. The number of nitrogens with two attached hydrogens (primary N) is 3. The number of carbonyl (C=O) groups excluding carboxylic acids is 2. The molecule has 0 saturated carbocycles. The summed E-state index contributed by atoms with van der Waals surface area (Å²) in [5, 5.41) is 11.6. The smallest absolute Gasteiger partial charge is 0.271 e. The first-order valence-corrected chi connectivity index (χ1v) is 9.97. The molecule has 1 atom stereocenters. The van der Waals surface area contributed by atoms with Gasteiger partial charge >= 0.3 is 0 Å². The Balaban J connectivity index is 0.000000383. The molecule has 0 radical (unpaired) electrons. The lowest BCUT2D eigenvalue weighted by Gasteiger charge is -2.12. The van der Waals surface area contributed by atoms with Crippen molar-refractivity contribution in [3.8, 4) is 11.4 Å². The van der Waals surface area contributed by atoms with Gasteiger partial charge in [-0.15, -0.1) is 0 Å². The quantitative estimate of drug-likeness (QED) is 0.321. The fourth-order valence-corrected chi connectivity index (χ4v) is 2.72. The van der Waals surface area contributed by atoms with E-state index in [4.69, 9.17) is 17.2 Å². The summed E-state index contributed by atoms with van der Waals surface area (Å²) in [6, 6.07) is 8.90. The summed E-state index contributed by atoms with van der Waals surface area (Å²) in [5.41, 5.74) is 17.7. The molecule has 7 N–H and O–H groups in total. The van der Waals surface area contributed by atoms with Gasteiger partial charge in [-0.3, -0.25) is 9.59 Å². The zero-order valence-electron chi connectivity index (χ0n) is 17.9. The van der Waals surface area contributed by atoms with Crippen LogP contribution in [0.25, 0.3) is 11.4 Å². The number of nitrogens with one attached hydrogen (secondary N) is 1. The van der Waals surface area contributed by atoms with E-state index in [9.17, 15) is 9.59 Å². The summed E-state index contributed by atoms with van der Waals surface area (Å²) in [5.74, 6) is -0.803. The molecule has 3 aromatic heterocycles. The molecule has 3 heterocycles. The van der Waals surface area contributed by atoms with Crippen molar-refractivity contribution >= 4 is 23.3 Å². The van der Waals surface area contributed by atoms with Gasteiger partial charge in [0.05, 0.1) is 17.4 Å². The largest absolute Gasteiger partial charge is 0.368 e. The Hall–Kier alpha value is -4.58. The summed E-state index contributed by atoms with van der Waals surface area (Å²) in [6.07, 6.45) is 10.6. The second-order valence-corrected chi connectivity index (χ2v) is 6.80. The van der Waals surface area contributed by atoms with E-state index in [0.717, 1.165) is 11.4 Å². The van der Waals surface area contributed by atoms with Gasteiger partial charge in [-0.1, -0.05) is 6.92 Å². The van der Waals surface area contributed by atoms with Gasteiger partial charge in [0.2, 0.25) is 5.91 Å². The molecule has 33 heavy (non-hydrogen) atoms. The zero-order valence-corrected chi connectivity index (χ0v) is 17.9. The Bertz CT molecular complexity index is 1150. The zero-order chi connectivity index (χ0) is 23.8. The van der Waals surface area contributed by atoms with Crippen molar-refractivity contribution in [1.29, 1.82) is 0 Å². The van der Waals surface area contributed by atoms with E-state index in [1.165, 1.54) is 12.4 Å². The Morgan fingerprint density at radius 2 is 1.52 bits per heavy atom. The lowest BCUT2D eigenvalue weighted by Crippen LogP contribution is -2.35. The first-order chi connectivity index (χ1) is 15.9. The summed E-state index contributed by atoms with van der Waals surface area (Å²) in [7, 11) is 0. The van der Waals surface area contributed by atoms with E-state index in [-0.39, 0.29) is 11.5 Å². The number of carbonyl (C=O) groups is 2. The predicted octanol–water partition coefficient (Wildman–Crippen LogP) is 0.900. The van der Waals surface area contributed by atoms with Gasteiger partial charge in [0.25, 0.3) is 5.91 Å². The van der Waals surface area contributed by atoms with Crippen molar-refractivity contribution in [1.82, 2.24) is 29.5 Å². The fourth-order valence-electron chi connectivity index (χ4n) is 2.72. The number of hydrogen-bond donors (Lipinski definition) is 4. The molecule has 2 amide bonds. The van der Waals surface area contributed by atoms with Gasteiger partial charge in [-0.25, -0.2) is 19.3 Å². The van der Waals surface area contributed by atoms with Crippen molar-refractivity contribution in [3.63, 3.8) is 0 Å². The van der Waals surface area contributed by atoms with Gasteiger partial charge in [0, 0.05) is 42.9 Å². The monoisotopic (exact) mass is 448 g/mol. The Morgan fingerprint density at radius 1 is 0.939 bits per heavy atom. The van der Waals surface area contributed by atoms with Crippen LogP contribution in [-0.4, -0.2) is 47.4 Å². The summed E-state index contributed by atoms with van der Waals surface area (Å²) < 4.78 is 3.45. The van der Waals surface area contributed by atoms with Crippen molar-refractivity contribution < 1.29 is 9.59 Å². The predicted molar refractivity (Wildman–Crippen MR) is 122 cm³/mol. The fraction of sp³-hybridized carbons (Fsp3) is 0.143. The minimum absolute atomic E-state index is 0.0673. The van der Waals surface area contributed by atoms with Crippen molar-refractivity contribution in [2.75, 3.05) is 5.32 Å². The second-order valence-electron chi connectivity index (χ2n) is 6.80. The first kappa shape index (κ1) is 23.1. The molecule has 0 aliphatic heterocycles. The summed E-state index contributed by atoms with van der Waals surface area (Å²) in [4.78, 5) is 29.7. The van der Waals surface area contributed by atoms with E-state index >= 15 is 0 Å². The van der Waals surface area contributed by atoms with Crippen molar-refractivity contribution in [3.05, 3.63) is 73.2 Å². The molecular weight excluding hydrogens is 424 g/mol. The van der Waals surface area contributed by atoms with Crippen LogP contribution in [0.1, 0.15) is 23.8 Å². The number of rotatable bonds is 7. The van der Waals surface area contributed by atoms with Crippen LogP contribution in [0.3, 0.4) is 0 Å². The molecule has 170 valence electrons. The molecule has 0 aliphatic carbocycles. The van der Waals surface area contributed by atoms with Gasteiger partial charge in [-0.2, -0.15) is 10.2 Å². The molecule has 1 unspecified atom stereocenters. The van der Waals surface area contributed by atoms with Crippen molar-refractivity contribution in [2.24, 2.45) is 17.2 Å². The van der Waals surface area contributed by atoms with Crippen LogP contribution < -0.4 is 22.5 Å². The Morgan fingerprint density at radius 3 is 1.94 bits per heavy atom. The molecule has 4 rings (SSSR count). The Labute approximate surface area is 189 Å². The number of aromatic nitrogens is 6. The third-order valence-electron chi connectivity index (χ3n) is 4.44. The van der Waals surface area contributed by atoms with Crippen LogP contribution >= 0.6 is 0 Å². The highest BCUT2D eigenvalue weighted by Gasteiger charge is 2.12. The van der Waals surface area contributed by atoms with Crippen LogP contribution in [-0.2, 0) is 4.79 Å². The average molecular weight is 448 g/mol. The third kappa shape index (κ3) is 5.98. The maximum absolute atomic E-state index is 11.6. The van der Waals surface area contributed by atoms with E-state index in [2.05, 4.69) is 25.5 Å². The van der Waals surface area contributed by atoms with E-state index < -0.39 is 17.9 Å². The molecule has 4 aromatic rings. The number of hydrogen-bond acceptors (Lipinski definition) is 8. The van der Waals surface area contributed by atoms with Crippen LogP contribution in [0.15, 0.2) is 67.5 Å². The number of amides is 2. The molecule has 0 spiro atoms. The molecule has 12 nitrogen and oxygen atoms in total. The van der Waals surface area contributed by atoms with Gasteiger partial charge in [0.1, 0.15) is 0 Å². The highest BCUT2D eigenvalue weighted by atomic mass is 16.1. The third-order valence-corrected chi connectivity index (χ3v) is 4.44. The minimum atomic E-state index is -0.656. The lowest BCUT2D eigenvalue weighted by molar-refractivity contribution is -0.119. The molecule has 0 saturated heterocycles. The molecule has 0 bridgehead atoms. The van der Waals surface area contributed by atoms with Crippen molar-refractivity contribution in [2.45, 2.75) is 19.4 Å².